The van der Waals surface area contributed by atoms with Crippen LogP contribution in [-0.2, 0) is 0 Å². The second-order valence-electron chi connectivity index (χ2n) is 17.6. The van der Waals surface area contributed by atoms with E-state index in [0.717, 1.165) is 94.0 Å². The second-order valence-corrected chi connectivity index (χ2v) is 17.6. The Morgan fingerprint density at radius 3 is 1.32 bits per heavy atom. The van der Waals surface area contributed by atoms with Crippen molar-refractivity contribution < 1.29 is 0 Å². The molecule has 0 bridgehead atoms. The van der Waals surface area contributed by atoms with Gasteiger partial charge in [0.2, 0.25) is 5.95 Å². The lowest BCUT2D eigenvalue weighted by molar-refractivity contribution is 0.953. The van der Waals surface area contributed by atoms with Crippen molar-refractivity contribution >= 4 is 65.4 Å². The van der Waals surface area contributed by atoms with E-state index in [1.807, 2.05) is 6.07 Å². The highest BCUT2D eigenvalue weighted by Crippen LogP contribution is 2.43. The van der Waals surface area contributed by atoms with Gasteiger partial charge in [-0.15, -0.1) is 0 Å². The average Bonchev–Trinajstić information content (AvgIpc) is 4.07. The number of nitrogens with zero attached hydrogens (tertiary/aromatic N) is 6. The van der Waals surface area contributed by atoms with E-state index in [1.54, 1.807) is 0 Å². The molecule has 0 N–H and O–H groups in total. The van der Waals surface area contributed by atoms with Gasteiger partial charge in [0.25, 0.3) is 0 Å². The molecule has 0 amide bonds. The van der Waals surface area contributed by atoms with Crippen molar-refractivity contribution in [1.82, 2.24) is 28.7 Å². The van der Waals surface area contributed by atoms with Gasteiger partial charge in [0.1, 0.15) is 0 Å². The Balaban J connectivity index is 1.06. The van der Waals surface area contributed by atoms with Gasteiger partial charge in [0.05, 0.1) is 38.8 Å². The molecule has 0 aliphatic carbocycles. The zero-order valence-electron chi connectivity index (χ0n) is 37.3. The Morgan fingerprint density at radius 2 is 0.696 bits per heavy atom. The van der Waals surface area contributed by atoms with Crippen LogP contribution < -0.4 is 0 Å². The molecule has 6 nitrogen and oxygen atoms in total. The Bertz CT molecular complexity index is 4240. The number of aromatic nitrogens is 6. The van der Waals surface area contributed by atoms with Gasteiger partial charge in [0, 0.05) is 54.7 Å². The first-order valence-corrected chi connectivity index (χ1v) is 23.4. The van der Waals surface area contributed by atoms with Crippen LogP contribution in [0, 0.1) is 0 Å². The van der Waals surface area contributed by atoms with E-state index in [-0.39, 0.29) is 0 Å². The summed E-state index contributed by atoms with van der Waals surface area (Å²) in [6, 6.07) is 86.2. The fraction of sp³-hybridized carbons (Fsp3) is 0. The van der Waals surface area contributed by atoms with Crippen LogP contribution in [0.15, 0.2) is 243 Å². The van der Waals surface area contributed by atoms with Gasteiger partial charge < -0.3 is 9.13 Å². The molecule has 69 heavy (non-hydrogen) atoms. The zero-order valence-corrected chi connectivity index (χ0v) is 37.3. The smallest absolute Gasteiger partial charge is 0.238 e. The monoisotopic (exact) mass is 880 g/mol. The summed E-state index contributed by atoms with van der Waals surface area (Å²) in [5.41, 5.74) is 15.0. The molecule has 0 saturated heterocycles. The zero-order chi connectivity index (χ0) is 45.4. The van der Waals surface area contributed by atoms with Crippen LogP contribution in [-0.4, -0.2) is 28.7 Å². The average molecular weight is 881 g/mol. The third-order valence-electron chi connectivity index (χ3n) is 13.7. The van der Waals surface area contributed by atoms with Gasteiger partial charge in [-0.1, -0.05) is 200 Å². The highest BCUT2D eigenvalue weighted by atomic mass is 15.2. The molecule has 0 aliphatic heterocycles. The molecular weight excluding hydrogens is 841 g/mol. The molecule has 4 aromatic heterocycles. The summed E-state index contributed by atoms with van der Waals surface area (Å²) in [6.07, 6.45) is 0. The van der Waals surface area contributed by atoms with Gasteiger partial charge in [-0.3, -0.25) is 4.57 Å². The van der Waals surface area contributed by atoms with Crippen molar-refractivity contribution in [2.24, 2.45) is 0 Å². The Labute approximate surface area is 397 Å². The Hall–Kier alpha value is -9.39. The number of para-hydroxylation sites is 5. The van der Waals surface area contributed by atoms with Gasteiger partial charge in [-0.2, -0.15) is 9.97 Å². The maximum atomic E-state index is 5.53. The second kappa shape index (κ2) is 15.6. The lowest BCUT2D eigenvalue weighted by Crippen LogP contribution is -2.07. The number of benzene rings is 10. The Morgan fingerprint density at radius 1 is 0.261 bits per heavy atom. The molecule has 14 aromatic rings. The fourth-order valence-corrected chi connectivity index (χ4v) is 10.6. The van der Waals surface area contributed by atoms with Crippen molar-refractivity contribution in [3.8, 4) is 62.4 Å². The van der Waals surface area contributed by atoms with E-state index in [9.17, 15) is 0 Å². The van der Waals surface area contributed by atoms with Crippen LogP contribution in [0.1, 0.15) is 0 Å². The molecule has 6 heteroatoms. The van der Waals surface area contributed by atoms with Crippen molar-refractivity contribution in [3.05, 3.63) is 243 Å². The summed E-state index contributed by atoms with van der Waals surface area (Å²) >= 11 is 0. The van der Waals surface area contributed by atoms with E-state index < -0.39 is 0 Å². The minimum atomic E-state index is 0.538. The number of rotatable bonds is 7. The molecule has 322 valence electrons. The fourth-order valence-electron chi connectivity index (χ4n) is 10.6. The predicted octanol–water partition coefficient (Wildman–Crippen LogP) is 15.8. The molecule has 4 heterocycles. The minimum absolute atomic E-state index is 0.538. The van der Waals surface area contributed by atoms with Crippen LogP contribution >= 0.6 is 0 Å². The van der Waals surface area contributed by atoms with Gasteiger partial charge in [-0.05, 0) is 59.2 Å². The van der Waals surface area contributed by atoms with Crippen LogP contribution in [0.4, 0.5) is 0 Å². The maximum Gasteiger partial charge on any atom is 0.238 e. The predicted molar refractivity (Wildman–Crippen MR) is 285 cm³/mol. The third-order valence-corrected chi connectivity index (χ3v) is 13.7. The summed E-state index contributed by atoms with van der Waals surface area (Å²) in [6.45, 7) is 0. The SMILES string of the molecule is c1ccc(-c2ccc(-c3nc(-c4cccc(-n5c6ccccc6c6ccccc65)c4)nc(-n4c5ccccc5c5ccc6c7ccccc7n(-c7ccccc7-c7ccccc7)c6c54)n3)cc2)cc1. The number of fused-ring (bicyclic) bond motifs is 10. The largest absolute Gasteiger partial charge is 0.309 e. The molecule has 0 spiro atoms. The summed E-state index contributed by atoms with van der Waals surface area (Å²) < 4.78 is 7.07. The standard InChI is InChI=1S/C63H40N6/c1-3-18-41(19-4-1)42-34-36-44(37-35-42)61-64-62(45-22-17-23-46(40-45)67-55-30-13-8-25-48(55)49-26-9-14-31-56(49)67)66-63(65-61)69-58-33-16-11-28-51(58)53-39-38-52-50-27-10-15-32-57(50)68(59(52)60(53)69)54-29-12-7-24-47(54)43-20-5-2-6-21-43/h1-40H. The molecule has 10 aromatic carbocycles. The summed E-state index contributed by atoms with van der Waals surface area (Å²) in [7, 11) is 0. The molecule has 0 atom stereocenters. The van der Waals surface area contributed by atoms with Gasteiger partial charge >= 0.3 is 0 Å². The molecule has 0 saturated carbocycles. The topological polar surface area (TPSA) is 53.5 Å². The lowest BCUT2D eigenvalue weighted by atomic mass is 10.0. The van der Waals surface area contributed by atoms with Crippen molar-refractivity contribution in [1.29, 1.82) is 0 Å². The molecule has 14 rings (SSSR count). The van der Waals surface area contributed by atoms with E-state index in [2.05, 4.69) is 250 Å². The first-order chi connectivity index (χ1) is 34.2. The van der Waals surface area contributed by atoms with Crippen molar-refractivity contribution in [2.45, 2.75) is 0 Å². The van der Waals surface area contributed by atoms with Crippen LogP contribution in [0.25, 0.3) is 128 Å². The number of hydrogen-bond acceptors (Lipinski definition) is 3. The van der Waals surface area contributed by atoms with Gasteiger partial charge in [-0.25, -0.2) is 4.98 Å². The maximum absolute atomic E-state index is 5.53. The van der Waals surface area contributed by atoms with Crippen molar-refractivity contribution in [3.63, 3.8) is 0 Å². The molecule has 0 unspecified atom stereocenters. The Kier molecular flexibility index (Phi) is 8.79. The normalized spacial score (nSPS) is 11.8. The van der Waals surface area contributed by atoms with E-state index in [4.69, 9.17) is 15.0 Å². The molecule has 0 fully saturated rings. The summed E-state index contributed by atoms with van der Waals surface area (Å²) in [5, 5.41) is 6.98. The first-order valence-electron chi connectivity index (χ1n) is 23.4. The third kappa shape index (κ3) is 6.16. The molecule has 0 radical (unpaired) electrons. The quantitative estimate of drug-likeness (QED) is 0.160. The lowest BCUT2D eigenvalue weighted by Gasteiger charge is -2.16. The first kappa shape index (κ1) is 38.8. The summed E-state index contributed by atoms with van der Waals surface area (Å²) in [4.78, 5) is 16.4. The van der Waals surface area contributed by atoms with E-state index >= 15 is 0 Å². The van der Waals surface area contributed by atoms with Crippen LogP contribution in [0.5, 0.6) is 0 Å². The molecular formula is C63H40N6. The van der Waals surface area contributed by atoms with Crippen LogP contribution in [0.3, 0.4) is 0 Å². The van der Waals surface area contributed by atoms with Crippen LogP contribution in [0.2, 0.25) is 0 Å². The molecule has 0 aliphatic rings. The van der Waals surface area contributed by atoms with Crippen molar-refractivity contribution in [2.75, 3.05) is 0 Å². The summed E-state index contributed by atoms with van der Waals surface area (Å²) in [5.74, 6) is 1.71. The van der Waals surface area contributed by atoms with Gasteiger partial charge in [0.15, 0.2) is 11.6 Å². The highest BCUT2D eigenvalue weighted by Gasteiger charge is 2.25. The highest BCUT2D eigenvalue weighted by molar-refractivity contribution is 6.24. The number of hydrogen-bond donors (Lipinski definition) is 0. The van der Waals surface area contributed by atoms with E-state index in [0.29, 0.717) is 17.6 Å². The van der Waals surface area contributed by atoms with E-state index in [1.165, 1.54) is 16.2 Å². The minimum Gasteiger partial charge on any atom is -0.309 e.